The number of amides is 2. The molecule has 2 unspecified atom stereocenters. The van der Waals surface area contributed by atoms with Crippen molar-refractivity contribution in [3.05, 3.63) is 6.42 Å². The second kappa shape index (κ2) is 5.14. The molecule has 0 saturated carbocycles. The van der Waals surface area contributed by atoms with Crippen LogP contribution in [0.3, 0.4) is 0 Å². The van der Waals surface area contributed by atoms with Crippen LogP contribution in [0.25, 0.3) is 0 Å². The zero-order valence-corrected chi connectivity index (χ0v) is 9.40. The molecule has 2 atom stereocenters. The van der Waals surface area contributed by atoms with Crippen LogP contribution in [0.4, 0.5) is 0 Å². The largest absolute Gasteiger partial charge is 0.368 e. The molecule has 1 heterocycles. The fourth-order valence-corrected chi connectivity index (χ4v) is 2.08. The van der Waals surface area contributed by atoms with Gasteiger partial charge in [0.25, 0.3) is 0 Å². The third-order valence-electron chi connectivity index (χ3n) is 2.82. The first-order valence-corrected chi connectivity index (χ1v) is 5.50. The Morgan fingerprint density at radius 1 is 1.53 bits per heavy atom. The normalized spacial score (nSPS) is 26.4. The van der Waals surface area contributed by atoms with Gasteiger partial charge < -0.3 is 10.6 Å². The molecule has 1 aliphatic rings. The van der Waals surface area contributed by atoms with Gasteiger partial charge in [0.15, 0.2) is 0 Å². The van der Waals surface area contributed by atoms with Gasteiger partial charge in [0.2, 0.25) is 11.8 Å². The molecule has 85 valence electrons. The van der Waals surface area contributed by atoms with E-state index in [9.17, 15) is 9.59 Å². The SMILES string of the molecule is CCCC(=O)N1CC[CH]C(C)C1C(N)=O. The average molecular weight is 211 g/mol. The van der Waals surface area contributed by atoms with Gasteiger partial charge >= 0.3 is 0 Å². The standard InChI is InChI=1S/C11H19N2O2/c1-3-5-9(14)13-7-4-6-8(2)10(13)11(12)15/h6,8,10H,3-5,7H2,1-2H3,(H2,12,15). The lowest BCUT2D eigenvalue weighted by molar-refractivity contribution is -0.142. The quantitative estimate of drug-likeness (QED) is 0.747. The van der Waals surface area contributed by atoms with Crippen molar-refractivity contribution < 1.29 is 9.59 Å². The summed E-state index contributed by atoms with van der Waals surface area (Å²) in [6, 6.07) is -0.446. The van der Waals surface area contributed by atoms with Crippen molar-refractivity contribution in [2.24, 2.45) is 11.7 Å². The highest BCUT2D eigenvalue weighted by atomic mass is 16.2. The molecular weight excluding hydrogens is 192 g/mol. The number of carbonyl (C=O) groups is 2. The van der Waals surface area contributed by atoms with Crippen LogP contribution in [0.5, 0.6) is 0 Å². The van der Waals surface area contributed by atoms with E-state index >= 15 is 0 Å². The van der Waals surface area contributed by atoms with Crippen LogP contribution < -0.4 is 5.73 Å². The van der Waals surface area contributed by atoms with E-state index in [1.54, 1.807) is 4.90 Å². The molecule has 1 saturated heterocycles. The summed E-state index contributed by atoms with van der Waals surface area (Å²) in [4.78, 5) is 24.7. The van der Waals surface area contributed by atoms with Gasteiger partial charge in [0, 0.05) is 13.0 Å². The number of likely N-dealkylation sites (tertiary alicyclic amines) is 1. The highest BCUT2D eigenvalue weighted by molar-refractivity contribution is 5.87. The smallest absolute Gasteiger partial charge is 0.240 e. The molecule has 2 amide bonds. The topological polar surface area (TPSA) is 63.4 Å². The predicted octanol–water partition coefficient (Wildman–Crippen LogP) is 0.713. The molecule has 1 radical (unpaired) electrons. The van der Waals surface area contributed by atoms with E-state index in [1.165, 1.54) is 0 Å². The Labute approximate surface area is 90.8 Å². The highest BCUT2D eigenvalue weighted by Crippen LogP contribution is 2.23. The molecule has 0 aromatic heterocycles. The molecule has 1 aliphatic heterocycles. The monoisotopic (exact) mass is 211 g/mol. The van der Waals surface area contributed by atoms with Crippen LogP contribution in [0.15, 0.2) is 0 Å². The average Bonchev–Trinajstić information content (AvgIpc) is 2.17. The van der Waals surface area contributed by atoms with Crippen molar-refractivity contribution in [3.63, 3.8) is 0 Å². The van der Waals surface area contributed by atoms with Gasteiger partial charge in [0.1, 0.15) is 6.04 Å². The Balaban J connectivity index is 2.74. The molecule has 15 heavy (non-hydrogen) atoms. The lowest BCUT2D eigenvalue weighted by Gasteiger charge is -2.37. The maximum atomic E-state index is 11.8. The number of rotatable bonds is 3. The van der Waals surface area contributed by atoms with Crippen molar-refractivity contribution >= 4 is 11.8 Å². The third-order valence-corrected chi connectivity index (χ3v) is 2.82. The molecule has 4 heteroatoms. The number of carbonyl (C=O) groups excluding carboxylic acids is 2. The summed E-state index contributed by atoms with van der Waals surface area (Å²) in [5.74, 6) is -0.291. The van der Waals surface area contributed by atoms with Gasteiger partial charge in [-0.05, 0) is 25.2 Å². The van der Waals surface area contributed by atoms with E-state index < -0.39 is 11.9 Å². The maximum absolute atomic E-state index is 11.8. The number of nitrogens with zero attached hydrogens (tertiary/aromatic N) is 1. The summed E-state index contributed by atoms with van der Waals surface area (Å²) in [7, 11) is 0. The number of hydrogen-bond acceptors (Lipinski definition) is 2. The fourth-order valence-electron chi connectivity index (χ4n) is 2.08. The molecular formula is C11H19N2O2. The Morgan fingerprint density at radius 2 is 2.20 bits per heavy atom. The Kier molecular flexibility index (Phi) is 4.12. The minimum Gasteiger partial charge on any atom is -0.368 e. The summed E-state index contributed by atoms with van der Waals surface area (Å²) in [5, 5.41) is 0. The molecule has 0 spiro atoms. The van der Waals surface area contributed by atoms with Crippen LogP contribution in [0.1, 0.15) is 33.1 Å². The van der Waals surface area contributed by atoms with Crippen LogP contribution >= 0.6 is 0 Å². The van der Waals surface area contributed by atoms with E-state index in [4.69, 9.17) is 5.73 Å². The lowest BCUT2D eigenvalue weighted by Crippen LogP contribution is -2.54. The van der Waals surface area contributed by atoms with E-state index in [2.05, 4.69) is 6.42 Å². The van der Waals surface area contributed by atoms with Crippen molar-refractivity contribution in [2.45, 2.75) is 39.2 Å². The minimum atomic E-state index is -0.446. The van der Waals surface area contributed by atoms with E-state index in [0.29, 0.717) is 13.0 Å². The Hall–Kier alpha value is -1.06. The van der Waals surface area contributed by atoms with Crippen molar-refractivity contribution in [2.75, 3.05) is 6.54 Å². The Morgan fingerprint density at radius 3 is 2.73 bits per heavy atom. The summed E-state index contributed by atoms with van der Waals surface area (Å²) in [6.07, 6.45) is 4.21. The first-order valence-electron chi connectivity index (χ1n) is 5.50. The lowest BCUT2D eigenvalue weighted by atomic mass is 9.90. The van der Waals surface area contributed by atoms with Crippen molar-refractivity contribution in [1.82, 2.24) is 4.90 Å². The summed E-state index contributed by atoms with van der Waals surface area (Å²) >= 11 is 0. The van der Waals surface area contributed by atoms with Gasteiger partial charge in [-0.15, -0.1) is 0 Å². The van der Waals surface area contributed by atoms with Crippen molar-refractivity contribution in [1.29, 1.82) is 0 Å². The van der Waals surface area contributed by atoms with Crippen molar-refractivity contribution in [3.8, 4) is 0 Å². The van der Waals surface area contributed by atoms with Crippen LogP contribution in [-0.2, 0) is 9.59 Å². The summed E-state index contributed by atoms with van der Waals surface area (Å²) in [5.41, 5.74) is 5.33. The highest BCUT2D eigenvalue weighted by Gasteiger charge is 2.35. The second-order valence-corrected chi connectivity index (χ2v) is 4.07. The van der Waals surface area contributed by atoms with Gasteiger partial charge in [-0.2, -0.15) is 0 Å². The molecule has 0 aromatic rings. The second-order valence-electron chi connectivity index (χ2n) is 4.07. The first-order chi connectivity index (χ1) is 7.07. The molecule has 0 bridgehead atoms. The number of hydrogen-bond donors (Lipinski definition) is 1. The van der Waals surface area contributed by atoms with Crippen LogP contribution in [0, 0.1) is 12.3 Å². The molecule has 1 fully saturated rings. The van der Waals surface area contributed by atoms with Gasteiger partial charge in [-0.25, -0.2) is 0 Å². The van der Waals surface area contributed by atoms with Crippen LogP contribution in [0.2, 0.25) is 0 Å². The Bertz CT molecular complexity index is 253. The number of nitrogens with two attached hydrogens (primary N) is 1. The third kappa shape index (κ3) is 2.70. The molecule has 0 aromatic carbocycles. The van der Waals surface area contributed by atoms with Gasteiger partial charge in [-0.1, -0.05) is 13.8 Å². The van der Waals surface area contributed by atoms with Crippen LogP contribution in [-0.4, -0.2) is 29.3 Å². The zero-order valence-electron chi connectivity index (χ0n) is 9.40. The minimum absolute atomic E-state index is 0.0428. The van der Waals surface area contributed by atoms with E-state index in [0.717, 1.165) is 12.8 Å². The maximum Gasteiger partial charge on any atom is 0.240 e. The zero-order chi connectivity index (χ0) is 11.4. The van der Waals surface area contributed by atoms with E-state index in [-0.39, 0.29) is 11.8 Å². The summed E-state index contributed by atoms with van der Waals surface area (Å²) in [6.45, 7) is 4.51. The van der Waals surface area contributed by atoms with E-state index in [1.807, 2.05) is 13.8 Å². The molecule has 1 rings (SSSR count). The summed E-state index contributed by atoms with van der Waals surface area (Å²) < 4.78 is 0. The predicted molar refractivity (Wildman–Crippen MR) is 57.7 cm³/mol. The molecule has 2 N–H and O–H groups in total. The number of primary amides is 1. The molecule has 4 nitrogen and oxygen atoms in total. The van der Waals surface area contributed by atoms with Gasteiger partial charge in [0.05, 0.1) is 0 Å². The van der Waals surface area contributed by atoms with Gasteiger partial charge in [-0.3, -0.25) is 9.59 Å². The first kappa shape index (κ1) is 12.0. The molecule has 0 aliphatic carbocycles. The number of piperidine rings is 1. The fraction of sp³-hybridized carbons (Fsp3) is 0.727.